The molecule has 25 heavy (non-hydrogen) atoms. The highest BCUT2D eigenvalue weighted by atomic mass is 32.2. The summed E-state index contributed by atoms with van der Waals surface area (Å²) in [7, 11) is 0. The van der Waals surface area contributed by atoms with Crippen LogP contribution in [0.25, 0.3) is 0 Å². The number of nitro groups is 1. The van der Waals surface area contributed by atoms with Crippen LogP contribution in [0.5, 0.6) is 0 Å². The van der Waals surface area contributed by atoms with Crippen LogP contribution in [0.15, 0.2) is 23.1 Å². The van der Waals surface area contributed by atoms with Gasteiger partial charge >= 0.3 is 5.97 Å². The van der Waals surface area contributed by atoms with Crippen molar-refractivity contribution in [2.75, 3.05) is 12.3 Å². The van der Waals surface area contributed by atoms with Crippen molar-refractivity contribution in [1.82, 2.24) is 5.32 Å². The Bertz CT molecular complexity index is 633. The zero-order valence-corrected chi connectivity index (χ0v) is 15.7. The molecular formula is C17H24N2O5S. The molecule has 0 fully saturated rings. The van der Waals surface area contributed by atoms with Gasteiger partial charge in [-0.3, -0.25) is 14.9 Å². The number of carbonyl (C=O) groups excluding carboxylic acids is 2. The number of esters is 1. The van der Waals surface area contributed by atoms with E-state index in [-0.39, 0.29) is 11.3 Å². The Morgan fingerprint density at radius 3 is 2.56 bits per heavy atom. The van der Waals surface area contributed by atoms with Gasteiger partial charge in [0, 0.05) is 12.6 Å². The zero-order chi connectivity index (χ0) is 19.0. The van der Waals surface area contributed by atoms with E-state index < -0.39 is 22.9 Å². The molecule has 0 aliphatic rings. The highest BCUT2D eigenvalue weighted by Gasteiger charge is 2.22. The fourth-order valence-corrected chi connectivity index (χ4v) is 3.17. The summed E-state index contributed by atoms with van der Waals surface area (Å²) in [5.41, 5.74) is -0.0788. The number of ether oxygens (including phenoxy) is 1. The Hall–Kier alpha value is -2.09. The monoisotopic (exact) mass is 368 g/mol. The van der Waals surface area contributed by atoms with Crippen LogP contribution >= 0.6 is 11.8 Å². The van der Waals surface area contributed by atoms with Crippen molar-refractivity contribution >= 4 is 29.3 Å². The lowest BCUT2D eigenvalue weighted by molar-refractivity contribution is -0.387. The van der Waals surface area contributed by atoms with Crippen molar-refractivity contribution in [3.05, 3.63) is 33.9 Å². The maximum atomic E-state index is 12.1. The van der Waals surface area contributed by atoms with Gasteiger partial charge in [-0.05, 0) is 44.1 Å². The second-order valence-electron chi connectivity index (χ2n) is 5.91. The summed E-state index contributed by atoms with van der Waals surface area (Å²) in [6.45, 7) is 7.81. The average molecular weight is 368 g/mol. The topological polar surface area (TPSA) is 98.5 Å². The molecule has 1 aromatic rings. The molecule has 0 aromatic heterocycles. The highest BCUT2D eigenvalue weighted by Crippen LogP contribution is 2.31. The molecule has 138 valence electrons. The number of amides is 1. The van der Waals surface area contributed by atoms with Crippen LogP contribution in [-0.4, -0.2) is 35.2 Å². The minimum Gasteiger partial charge on any atom is -0.449 e. The van der Waals surface area contributed by atoms with Gasteiger partial charge in [0.05, 0.1) is 15.4 Å². The summed E-state index contributed by atoms with van der Waals surface area (Å²) in [6, 6.07) is 4.23. The number of carbonyl (C=O) groups is 2. The second kappa shape index (κ2) is 10.0. The summed E-state index contributed by atoms with van der Waals surface area (Å²) in [6.07, 6.45) is -0.0260. The summed E-state index contributed by atoms with van der Waals surface area (Å²) in [5.74, 6) is 0.0969. The molecular weight excluding hydrogens is 344 g/mol. The van der Waals surface area contributed by atoms with E-state index >= 15 is 0 Å². The van der Waals surface area contributed by atoms with Gasteiger partial charge in [0.2, 0.25) is 0 Å². The molecule has 1 amide bonds. The van der Waals surface area contributed by atoms with E-state index in [4.69, 9.17) is 4.74 Å². The minimum absolute atomic E-state index is 0.0519. The van der Waals surface area contributed by atoms with Crippen molar-refractivity contribution < 1.29 is 19.2 Å². The molecule has 1 rings (SSSR count). The van der Waals surface area contributed by atoms with Crippen molar-refractivity contribution in [3.8, 4) is 0 Å². The van der Waals surface area contributed by atoms with E-state index in [0.717, 1.165) is 12.2 Å². The molecule has 0 aliphatic heterocycles. The number of nitrogens with one attached hydrogen (secondary N) is 1. The standard InChI is InChI=1S/C17H24N2O5S/c1-5-18-16(20)12(4)24-17(21)13-6-7-15(14(10-13)19(22)23)25-9-8-11(2)3/h6-7,10-12H,5,8-9H2,1-4H3,(H,18,20)/t12-/m1/s1. The normalized spacial score (nSPS) is 11.9. The van der Waals surface area contributed by atoms with Crippen LogP contribution < -0.4 is 5.32 Å². The predicted octanol–water partition coefficient (Wildman–Crippen LogP) is 3.41. The molecule has 8 heteroatoms. The molecule has 0 unspecified atom stereocenters. The lowest BCUT2D eigenvalue weighted by atomic mass is 10.2. The molecule has 1 atom stereocenters. The van der Waals surface area contributed by atoms with Crippen LogP contribution in [0.2, 0.25) is 0 Å². The molecule has 0 saturated heterocycles. The first-order valence-corrected chi connectivity index (χ1v) is 9.14. The first kappa shape index (κ1) is 21.0. The number of nitro benzene ring substituents is 1. The van der Waals surface area contributed by atoms with Crippen LogP contribution in [0.1, 0.15) is 44.5 Å². The Kier molecular flexibility index (Phi) is 8.40. The lowest BCUT2D eigenvalue weighted by Crippen LogP contribution is -2.35. The van der Waals surface area contributed by atoms with E-state index in [2.05, 4.69) is 19.2 Å². The molecule has 1 aromatic carbocycles. The van der Waals surface area contributed by atoms with Crippen molar-refractivity contribution in [3.63, 3.8) is 0 Å². The van der Waals surface area contributed by atoms with Crippen LogP contribution in [0.3, 0.4) is 0 Å². The van der Waals surface area contributed by atoms with Gasteiger partial charge in [0.1, 0.15) is 0 Å². The number of hydrogen-bond acceptors (Lipinski definition) is 6. The number of rotatable bonds is 9. The molecule has 0 saturated carbocycles. The van der Waals surface area contributed by atoms with Crippen molar-refractivity contribution in [2.24, 2.45) is 5.92 Å². The maximum absolute atomic E-state index is 12.1. The van der Waals surface area contributed by atoms with E-state index in [1.54, 1.807) is 13.0 Å². The Morgan fingerprint density at radius 2 is 2.00 bits per heavy atom. The summed E-state index contributed by atoms with van der Waals surface area (Å²) >= 11 is 1.39. The van der Waals surface area contributed by atoms with Crippen molar-refractivity contribution in [1.29, 1.82) is 0 Å². The van der Waals surface area contributed by atoms with E-state index in [9.17, 15) is 19.7 Å². The van der Waals surface area contributed by atoms with Gasteiger partial charge in [-0.15, -0.1) is 11.8 Å². The van der Waals surface area contributed by atoms with Gasteiger partial charge in [-0.25, -0.2) is 4.79 Å². The third kappa shape index (κ3) is 6.74. The number of nitrogens with zero attached hydrogens (tertiary/aromatic N) is 1. The maximum Gasteiger partial charge on any atom is 0.339 e. The molecule has 0 bridgehead atoms. The number of benzene rings is 1. The summed E-state index contributed by atoms with van der Waals surface area (Å²) in [4.78, 5) is 35.0. The lowest BCUT2D eigenvalue weighted by Gasteiger charge is -2.13. The van der Waals surface area contributed by atoms with Crippen LogP contribution in [-0.2, 0) is 9.53 Å². The summed E-state index contributed by atoms with van der Waals surface area (Å²) < 4.78 is 5.06. The molecule has 0 spiro atoms. The molecule has 1 N–H and O–H groups in total. The Morgan fingerprint density at radius 1 is 1.32 bits per heavy atom. The van der Waals surface area contributed by atoms with Gasteiger partial charge < -0.3 is 10.1 Å². The van der Waals surface area contributed by atoms with Crippen LogP contribution in [0.4, 0.5) is 5.69 Å². The minimum atomic E-state index is -0.966. The van der Waals surface area contributed by atoms with Crippen molar-refractivity contribution in [2.45, 2.75) is 45.1 Å². The number of thioether (sulfide) groups is 1. The highest BCUT2D eigenvalue weighted by molar-refractivity contribution is 7.99. The Labute approximate surface area is 151 Å². The predicted molar refractivity (Wildman–Crippen MR) is 96.8 cm³/mol. The Balaban J connectivity index is 2.87. The summed E-state index contributed by atoms with van der Waals surface area (Å²) in [5, 5.41) is 13.8. The molecule has 7 nitrogen and oxygen atoms in total. The first-order chi connectivity index (χ1) is 11.8. The third-order valence-electron chi connectivity index (χ3n) is 3.35. The first-order valence-electron chi connectivity index (χ1n) is 8.16. The third-order valence-corrected chi connectivity index (χ3v) is 4.44. The van der Waals surface area contributed by atoms with Gasteiger partial charge in [-0.2, -0.15) is 0 Å². The fourth-order valence-electron chi connectivity index (χ4n) is 1.91. The van der Waals surface area contributed by atoms with E-state index in [0.29, 0.717) is 17.4 Å². The SMILES string of the molecule is CCNC(=O)[C@@H](C)OC(=O)c1ccc(SCCC(C)C)c([N+](=O)[O-])c1. The van der Waals surface area contributed by atoms with E-state index in [1.165, 1.54) is 30.8 Å². The van der Waals surface area contributed by atoms with E-state index in [1.807, 2.05) is 0 Å². The van der Waals surface area contributed by atoms with Gasteiger partial charge in [0.25, 0.3) is 11.6 Å². The fraction of sp³-hybridized carbons (Fsp3) is 0.529. The molecule has 0 heterocycles. The van der Waals surface area contributed by atoms with Gasteiger partial charge in [0.15, 0.2) is 6.10 Å². The molecule has 0 radical (unpaired) electrons. The second-order valence-corrected chi connectivity index (χ2v) is 7.05. The smallest absolute Gasteiger partial charge is 0.339 e. The van der Waals surface area contributed by atoms with Gasteiger partial charge in [-0.1, -0.05) is 13.8 Å². The quantitative estimate of drug-likeness (QED) is 0.310. The number of hydrogen-bond donors (Lipinski definition) is 1. The average Bonchev–Trinajstić information content (AvgIpc) is 2.54. The number of likely N-dealkylation sites (N-methyl/N-ethyl adjacent to an activating group) is 1. The molecule has 0 aliphatic carbocycles. The largest absolute Gasteiger partial charge is 0.449 e. The van der Waals surface area contributed by atoms with Crippen LogP contribution in [0, 0.1) is 16.0 Å². The zero-order valence-electron chi connectivity index (χ0n) is 14.9.